The number of carboxylic acid groups (broad SMARTS) is 1. The third-order valence-corrected chi connectivity index (χ3v) is 7.73. The minimum atomic E-state index is -5.08. The number of aryl methyl sites for hydroxylation is 1. The van der Waals surface area contributed by atoms with Crippen molar-refractivity contribution in [1.82, 2.24) is 20.7 Å². The van der Waals surface area contributed by atoms with Crippen LogP contribution in [-0.4, -0.2) is 68.9 Å². The zero-order valence-electron chi connectivity index (χ0n) is 26.9. The second-order valence-corrected chi connectivity index (χ2v) is 11.6. The monoisotopic (exact) mass is 696 g/mol. The highest BCUT2D eigenvalue weighted by Crippen LogP contribution is 2.27. The minimum absolute atomic E-state index is 0.0558. The summed E-state index contributed by atoms with van der Waals surface area (Å²) in [6.45, 7) is 2.87. The van der Waals surface area contributed by atoms with E-state index in [0.29, 0.717) is 37.3 Å². The summed E-state index contributed by atoms with van der Waals surface area (Å²) in [6, 6.07) is 25.9. The van der Waals surface area contributed by atoms with Crippen molar-refractivity contribution in [1.29, 1.82) is 0 Å². The van der Waals surface area contributed by atoms with Crippen molar-refractivity contribution in [3.05, 3.63) is 107 Å². The van der Waals surface area contributed by atoms with Gasteiger partial charge in [0.25, 0.3) is 5.91 Å². The van der Waals surface area contributed by atoms with Crippen LogP contribution in [0.4, 0.5) is 18.0 Å². The number of ether oxygens (including phenoxy) is 2. The smallest absolute Gasteiger partial charge is 0.489 e. The molecule has 0 bridgehead atoms. The Kier molecular flexibility index (Phi) is 12.3. The molecule has 15 heteroatoms. The number of para-hydroxylation sites is 1. The van der Waals surface area contributed by atoms with Crippen LogP contribution >= 0.6 is 0 Å². The number of piperidine rings is 1. The van der Waals surface area contributed by atoms with Gasteiger partial charge in [-0.05, 0) is 61.7 Å². The predicted octanol–water partition coefficient (Wildman–Crippen LogP) is 5.55. The average Bonchev–Trinajstić information content (AvgIpc) is 3.10. The zero-order chi connectivity index (χ0) is 36.3. The number of nitrogens with zero attached hydrogens (tertiary/aromatic N) is 2. The van der Waals surface area contributed by atoms with Gasteiger partial charge in [0.1, 0.15) is 19.0 Å². The highest BCUT2D eigenvalue weighted by Gasteiger charge is 2.41. The Labute approximate surface area is 284 Å². The van der Waals surface area contributed by atoms with Crippen LogP contribution in [0.2, 0.25) is 0 Å². The third kappa shape index (κ3) is 10.4. The number of amides is 3. The molecule has 1 aromatic heterocycles. The maximum absolute atomic E-state index is 13.4. The van der Waals surface area contributed by atoms with Crippen molar-refractivity contribution < 1.29 is 52.1 Å². The molecule has 264 valence electrons. The number of aliphatic carboxylic acids is 1. The van der Waals surface area contributed by atoms with E-state index in [-0.39, 0.29) is 19.6 Å². The number of nitrogens with one attached hydrogen (secondary N) is 2. The van der Waals surface area contributed by atoms with E-state index in [0.717, 1.165) is 27.7 Å². The van der Waals surface area contributed by atoms with Gasteiger partial charge < -0.3 is 24.8 Å². The van der Waals surface area contributed by atoms with Crippen LogP contribution in [0.1, 0.15) is 46.4 Å². The van der Waals surface area contributed by atoms with Gasteiger partial charge >= 0.3 is 18.2 Å². The molecule has 0 spiro atoms. The summed E-state index contributed by atoms with van der Waals surface area (Å²) in [6.07, 6.45) is -4.85. The molecule has 1 atom stereocenters. The molecule has 0 radical (unpaired) electrons. The quantitative estimate of drug-likeness (QED) is 0.130. The number of alkyl halides is 3. The summed E-state index contributed by atoms with van der Waals surface area (Å²) in [7, 11) is 0. The van der Waals surface area contributed by atoms with E-state index in [2.05, 4.69) is 10.3 Å². The third-order valence-electron chi connectivity index (χ3n) is 7.73. The van der Waals surface area contributed by atoms with Gasteiger partial charge in [-0.3, -0.25) is 19.8 Å². The second-order valence-electron chi connectivity index (χ2n) is 11.6. The van der Waals surface area contributed by atoms with E-state index in [4.69, 9.17) is 19.4 Å². The van der Waals surface area contributed by atoms with Crippen molar-refractivity contribution in [3.8, 4) is 5.75 Å². The summed E-state index contributed by atoms with van der Waals surface area (Å²) in [5.41, 5.74) is 4.59. The van der Waals surface area contributed by atoms with Crippen molar-refractivity contribution >= 4 is 34.8 Å². The van der Waals surface area contributed by atoms with E-state index in [1.54, 1.807) is 29.7 Å². The molecule has 5 rings (SSSR count). The number of likely N-dealkylation sites (tertiary alicyclic amines) is 1. The molecule has 0 aliphatic carbocycles. The number of benzene rings is 3. The van der Waals surface area contributed by atoms with Gasteiger partial charge in [0.05, 0.1) is 17.5 Å². The number of fused-ring (bicyclic) bond motifs is 1. The number of carbonyl (C=O) groups excluding carboxylic acids is 3. The first-order valence-corrected chi connectivity index (χ1v) is 15.4. The van der Waals surface area contributed by atoms with E-state index in [9.17, 15) is 32.8 Å². The second kappa shape index (κ2) is 16.6. The lowest BCUT2D eigenvalue weighted by atomic mass is 9.85. The van der Waals surface area contributed by atoms with Crippen molar-refractivity contribution in [2.45, 2.75) is 51.1 Å². The van der Waals surface area contributed by atoms with Gasteiger partial charge in [-0.1, -0.05) is 48.5 Å². The van der Waals surface area contributed by atoms with E-state index in [1.807, 2.05) is 67.6 Å². The number of pyridine rings is 1. The number of carbonyl (C=O) groups is 4. The van der Waals surface area contributed by atoms with E-state index in [1.165, 1.54) is 4.90 Å². The highest BCUT2D eigenvalue weighted by molar-refractivity contribution is 5.95. The van der Waals surface area contributed by atoms with Crippen LogP contribution in [0.25, 0.3) is 10.9 Å². The SMILES string of the molecule is Cc1cc(COc2ccc(C(=O)NC3(CC(=O)NO)CCCN(C(=O)OCc4ccccc4)C3)cc2)c2ccccc2n1.O=C(O)C(F)(F)F. The van der Waals surface area contributed by atoms with Crippen molar-refractivity contribution in [3.63, 3.8) is 0 Å². The molecule has 1 unspecified atom stereocenters. The molecule has 0 saturated carbocycles. The topological polar surface area (TPSA) is 167 Å². The first-order valence-electron chi connectivity index (χ1n) is 15.4. The number of aromatic nitrogens is 1. The fourth-order valence-electron chi connectivity index (χ4n) is 5.43. The Morgan fingerprint density at radius 1 is 0.960 bits per heavy atom. The van der Waals surface area contributed by atoms with Crippen LogP contribution in [0, 0.1) is 6.92 Å². The molecule has 1 fully saturated rings. The molecule has 1 aliphatic rings. The van der Waals surface area contributed by atoms with Gasteiger partial charge in [-0.15, -0.1) is 0 Å². The van der Waals surface area contributed by atoms with Crippen molar-refractivity contribution in [2.24, 2.45) is 0 Å². The van der Waals surface area contributed by atoms with Gasteiger partial charge in [0.2, 0.25) is 5.91 Å². The number of hydrogen-bond acceptors (Lipinski definition) is 8. The van der Waals surface area contributed by atoms with Crippen LogP contribution < -0.4 is 15.5 Å². The summed E-state index contributed by atoms with van der Waals surface area (Å²) < 4.78 is 43.2. The number of hydroxylamine groups is 1. The van der Waals surface area contributed by atoms with Gasteiger partial charge in [-0.2, -0.15) is 13.2 Å². The Hall–Kier alpha value is -5.70. The summed E-state index contributed by atoms with van der Waals surface area (Å²) in [5.74, 6) is -3.24. The van der Waals surface area contributed by atoms with Crippen LogP contribution in [-0.2, 0) is 27.5 Å². The zero-order valence-corrected chi connectivity index (χ0v) is 26.9. The summed E-state index contributed by atoms with van der Waals surface area (Å²) >= 11 is 0. The summed E-state index contributed by atoms with van der Waals surface area (Å²) in [4.78, 5) is 53.5. The first kappa shape index (κ1) is 37.1. The Balaban J connectivity index is 0.000000727. The molecular formula is C35H35F3N4O8. The normalized spacial score (nSPS) is 15.7. The highest BCUT2D eigenvalue weighted by atomic mass is 19.4. The Bertz CT molecular complexity index is 1810. The maximum Gasteiger partial charge on any atom is 0.490 e. The molecule has 1 aliphatic heterocycles. The van der Waals surface area contributed by atoms with E-state index >= 15 is 0 Å². The lowest BCUT2D eigenvalue weighted by Crippen LogP contribution is -2.61. The fourth-order valence-corrected chi connectivity index (χ4v) is 5.43. The molecule has 3 aromatic carbocycles. The first-order chi connectivity index (χ1) is 23.8. The molecular weight excluding hydrogens is 661 g/mol. The molecule has 4 aromatic rings. The fraction of sp³-hybridized carbons (Fsp3) is 0.286. The molecule has 1 saturated heterocycles. The Morgan fingerprint density at radius 3 is 2.28 bits per heavy atom. The number of hydrogen-bond donors (Lipinski definition) is 4. The molecule has 12 nitrogen and oxygen atoms in total. The lowest BCUT2D eigenvalue weighted by Gasteiger charge is -2.42. The summed E-state index contributed by atoms with van der Waals surface area (Å²) in [5, 5.41) is 20.3. The number of halogens is 3. The minimum Gasteiger partial charge on any atom is -0.489 e. The van der Waals surface area contributed by atoms with Gasteiger partial charge in [-0.25, -0.2) is 15.1 Å². The average molecular weight is 697 g/mol. The van der Waals surface area contributed by atoms with Crippen LogP contribution in [0.3, 0.4) is 0 Å². The van der Waals surface area contributed by atoms with E-state index < -0.39 is 35.6 Å². The lowest BCUT2D eigenvalue weighted by molar-refractivity contribution is -0.192. The Morgan fingerprint density at radius 2 is 1.62 bits per heavy atom. The van der Waals surface area contributed by atoms with Crippen LogP contribution in [0.15, 0.2) is 84.9 Å². The van der Waals surface area contributed by atoms with Crippen molar-refractivity contribution in [2.75, 3.05) is 13.1 Å². The molecule has 50 heavy (non-hydrogen) atoms. The molecule has 2 heterocycles. The number of rotatable bonds is 9. The molecule has 4 N–H and O–H groups in total. The number of carboxylic acids is 1. The maximum atomic E-state index is 13.4. The standard InChI is InChI=1S/C33H34N4O6.C2HF3O2/c1-23-18-26(28-10-5-6-11-29(28)34-23)21-42-27-14-12-25(13-15-27)31(39)35-33(19-30(38)36-41)16-7-17-37(22-33)32(40)43-20-24-8-3-2-4-9-24;3-2(4,5)1(6)7/h2-6,8-15,18,41H,7,16-17,19-22H2,1H3,(H,35,39)(H,36,38);(H,6,7). The van der Waals surface area contributed by atoms with Gasteiger partial charge in [0, 0.05) is 35.3 Å². The molecule has 3 amide bonds. The van der Waals surface area contributed by atoms with Crippen LogP contribution in [0.5, 0.6) is 5.75 Å². The predicted molar refractivity (Wildman–Crippen MR) is 173 cm³/mol. The largest absolute Gasteiger partial charge is 0.490 e. The van der Waals surface area contributed by atoms with Gasteiger partial charge in [0.15, 0.2) is 0 Å².